The van der Waals surface area contributed by atoms with Crippen molar-refractivity contribution in [3.63, 3.8) is 0 Å². The van der Waals surface area contributed by atoms with E-state index in [1.807, 2.05) is 68.4 Å². The van der Waals surface area contributed by atoms with Crippen LogP contribution in [0.15, 0.2) is 144 Å². The van der Waals surface area contributed by atoms with E-state index < -0.39 is 5.89 Å². The van der Waals surface area contributed by atoms with Crippen LogP contribution >= 0.6 is 0 Å². The average Bonchev–Trinajstić information content (AvgIpc) is 3.51. The minimum Gasteiger partial charge on any atom is -0.500 e. The summed E-state index contributed by atoms with van der Waals surface area (Å²) < 4.78 is 14.5. The molecule has 3 nitrogen and oxygen atoms in total. The molecule has 1 radical (unpaired) electrons. The van der Waals surface area contributed by atoms with E-state index in [4.69, 9.17) is 5.79 Å². The quantitative estimate of drug-likeness (QED) is 0.132. The van der Waals surface area contributed by atoms with Crippen LogP contribution in [0.3, 0.4) is 0 Å². The van der Waals surface area contributed by atoms with E-state index in [2.05, 4.69) is 94.9 Å². The summed E-state index contributed by atoms with van der Waals surface area (Å²) in [6.07, 6.45) is 3.57. The standard InChI is InChI=1S/C22H18N.C21H12NO.Ir/c1-15(2)17-11-12-23-22(14-17)19-9-10-21-18(13-19)8-7-16-5-3-4-6-20(16)21;1-2-7-15-14(6-1)11-12-17-16-8-5-9-18(21(16)23-20(15)17)19-10-3-4-13-22-19;/h3-8,10-15H,1-2H3;1-8,10-13H;/q2*-1;/i15D;;. The first-order valence-electron chi connectivity index (χ1n) is 15.9. The van der Waals surface area contributed by atoms with Crippen LogP contribution in [0.1, 0.15) is 26.7 Å². The Morgan fingerprint density at radius 3 is 2.11 bits per heavy atom. The van der Waals surface area contributed by atoms with Crippen molar-refractivity contribution in [1.82, 2.24) is 9.97 Å². The Morgan fingerprint density at radius 1 is 0.596 bits per heavy atom. The molecule has 6 aromatic carbocycles. The molecule has 229 valence electrons. The molecule has 3 heterocycles. The summed E-state index contributed by atoms with van der Waals surface area (Å²) in [5, 5.41) is 9.41. The van der Waals surface area contributed by atoms with Gasteiger partial charge >= 0.3 is 0 Å². The molecule has 0 N–H and O–H groups in total. The van der Waals surface area contributed by atoms with E-state index in [0.29, 0.717) is 0 Å². The van der Waals surface area contributed by atoms with Crippen molar-refractivity contribution < 1.29 is 25.9 Å². The van der Waals surface area contributed by atoms with Crippen molar-refractivity contribution in [3.05, 3.63) is 157 Å². The third-order valence-electron chi connectivity index (χ3n) is 8.53. The zero-order valence-corrected chi connectivity index (χ0v) is 28.3. The van der Waals surface area contributed by atoms with Crippen LogP contribution < -0.4 is 0 Å². The van der Waals surface area contributed by atoms with Crippen LogP contribution in [-0.2, 0) is 20.1 Å². The predicted octanol–water partition coefficient (Wildman–Crippen LogP) is 11.6. The van der Waals surface area contributed by atoms with Crippen LogP contribution in [0, 0.1) is 12.1 Å². The fraction of sp³-hybridized carbons (Fsp3) is 0.0698. The number of hydrogen-bond donors (Lipinski definition) is 0. The zero-order valence-electron chi connectivity index (χ0n) is 26.9. The van der Waals surface area contributed by atoms with Gasteiger partial charge in [-0.2, -0.15) is 0 Å². The van der Waals surface area contributed by atoms with Crippen molar-refractivity contribution in [2.24, 2.45) is 0 Å². The molecule has 0 aliphatic carbocycles. The molecule has 4 heteroatoms. The van der Waals surface area contributed by atoms with Crippen molar-refractivity contribution in [2.75, 3.05) is 0 Å². The minimum absolute atomic E-state index is 0. The van der Waals surface area contributed by atoms with Gasteiger partial charge < -0.3 is 14.4 Å². The number of benzene rings is 6. The molecule has 0 saturated carbocycles. The Hall–Kier alpha value is -5.15. The predicted molar refractivity (Wildman–Crippen MR) is 191 cm³/mol. The second kappa shape index (κ2) is 12.9. The van der Waals surface area contributed by atoms with Gasteiger partial charge in [0.05, 0.1) is 5.58 Å². The first-order chi connectivity index (χ1) is 22.9. The summed E-state index contributed by atoms with van der Waals surface area (Å²) in [5.41, 5.74) is 6.34. The Morgan fingerprint density at radius 2 is 1.30 bits per heavy atom. The van der Waals surface area contributed by atoms with Gasteiger partial charge in [-0.3, -0.25) is 0 Å². The largest absolute Gasteiger partial charge is 0.500 e. The average molecular weight is 784 g/mol. The van der Waals surface area contributed by atoms with Gasteiger partial charge in [-0.05, 0) is 40.2 Å². The Bertz CT molecular complexity index is 2570. The molecule has 0 amide bonds. The SMILES string of the molecule is [2H]C(C)(C)c1ccnc(-c2[c-]cc3c(ccc4ccccc43)c2)c1.[Ir].[c-]1ccc2c(oc3c4ccccc4ccc23)c1-c1ccccn1. The summed E-state index contributed by atoms with van der Waals surface area (Å²) in [4.78, 5) is 8.92. The van der Waals surface area contributed by atoms with E-state index in [-0.39, 0.29) is 20.1 Å². The third kappa shape index (κ3) is 5.72. The van der Waals surface area contributed by atoms with Gasteiger partial charge in [-0.1, -0.05) is 132 Å². The van der Waals surface area contributed by atoms with Gasteiger partial charge in [0.1, 0.15) is 5.58 Å². The third-order valence-corrected chi connectivity index (χ3v) is 8.53. The first kappa shape index (κ1) is 29.3. The van der Waals surface area contributed by atoms with Gasteiger partial charge in [-0.15, -0.1) is 47.3 Å². The summed E-state index contributed by atoms with van der Waals surface area (Å²) in [6, 6.07) is 49.9. The summed E-state index contributed by atoms with van der Waals surface area (Å²) >= 11 is 0. The molecule has 0 bridgehead atoms. The molecule has 0 aliphatic rings. The molecule has 47 heavy (non-hydrogen) atoms. The molecule has 0 atom stereocenters. The monoisotopic (exact) mass is 784 g/mol. The maximum Gasteiger partial charge on any atom is 0.128 e. The number of fused-ring (bicyclic) bond motifs is 8. The normalized spacial score (nSPS) is 11.7. The minimum atomic E-state index is -0.634. The molecule has 0 spiro atoms. The summed E-state index contributed by atoms with van der Waals surface area (Å²) in [5.74, 6) is -0.634. The summed E-state index contributed by atoms with van der Waals surface area (Å²) in [7, 11) is 0. The van der Waals surface area contributed by atoms with Crippen LogP contribution in [0.4, 0.5) is 0 Å². The fourth-order valence-corrected chi connectivity index (χ4v) is 6.15. The van der Waals surface area contributed by atoms with Gasteiger partial charge in [0, 0.05) is 44.6 Å². The maximum atomic E-state index is 8.22. The van der Waals surface area contributed by atoms with Crippen molar-refractivity contribution in [2.45, 2.75) is 19.7 Å². The second-order valence-corrected chi connectivity index (χ2v) is 11.6. The topological polar surface area (TPSA) is 38.9 Å². The molecule has 0 saturated heterocycles. The van der Waals surface area contributed by atoms with Crippen LogP contribution in [-0.4, -0.2) is 9.97 Å². The molecule has 9 aromatic rings. The zero-order chi connectivity index (χ0) is 32.0. The van der Waals surface area contributed by atoms with E-state index in [9.17, 15) is 0 Å². The molecule has 9 rings (SSSR count). The maximum absolute atomic E-state index is 8.22. The van der Waals surface area contributed by atoms with Gasteiger partial charge in [0.15, 0.2) is 0 Å². The van der Waals surface area contributed by atoms with Gasteiger partial charge in [-0.25, -0.2) is 0 Å². The number of aromatic nitrogens is 2. The molecular weight excluding hydrogens is 753 g/mol. The van der Waals surface area contributed by atoms with Crippen molar-refractivity contribution >= 4 is 54.3 Å². The number of pyridine rings is 2. The summed E-state index contributed by atoms with van der Waals surface area (Å²) in [6.45, 7) is 3.78. The Kier molecular flexibility index (Phi) is 8.05. The Balaban J connectivity index is 0.000000149. The number of hydrogen-bond acceptors (Lipinski definition) is 3. The molecular formula is C43H30IrN2O-2. The fourth-order valence-electron chi connectivity index (χ4n) is 6.15. The van der Waals surface area contributed by atoms with Crippen LogP contribution in [0.2, 0.25) is 0 Å². The van der Waals surface area contributed by atoms with Crippen molar-refractivity contribution in [3.8, 4) is 22.5 Å². The van der Waals surface area contributed by atoms with E-state index in [1.54, 1.807) is 12.4 Å². The van der Waals surface area contributed by atoms with Gasteiger partial charge in [0.25, 0.3) is 0 Å². The molecule has 0 aliphatic heterocycles. The van der Waals surface area contributed by atoms with Crippen molar-refractivity contribution in [1.29, 1.82) is 0 Å². The second-order valence-electron chi connectivity index (χ2n) is 11.6. The van der Waals surface area contributed by atoms with E-state index >= 15 is 0 Å². The van der Waals surface area contributed by atoms with Crippen LogP contribution in [0.25, 0.3) is 76.8 Å². The molecule has 3 aromatic heterocycles. The number of nitrogens with zero attached hydrogens (tertiary/aromatic N) is 2. The first-order valence-corrected chi connectivity index (χ1v) is 15.4. The molecule has 0 unspecified atom stereocenters. The Labute approximate surface area is 288 Å². The molecule has 0 fully saturated rings. The number of furan rings is 1. The number of rotatable bonds is 3. The van der Waals surface area contributed by atoms with E-state index in [1.165, 1.54) is 26.9 Å². The smallest absolute Gasteiger partial charge is 0.128 e. The van der Waals surface area contributed by atoms with Crippen LogP contribution in [0.5, 0.6) is 0 Å². The van der Waals surface area contributed by atoms with E-state index in [0.717, 1.165) is 55.4 Å². The van der Waals surface area contributed by atoms with Gasteiger partial charge in [0.2, 0.25) is 0 Å².